The summed E-state index contributed by atoms with van der Waals surface area (Å²) in [6, 6.07) is 18.1. The van der Waals surface area contributed by atoms with Gasteiger partial charge in [0.1, 0.15) is 0 Å². The molecule has 2 heterocycles. The zero-order valence-corrected chi connectivity index (χ0v) is 13.4. The molecule has 4 rings (SSSR count). The van der Waals surface area contributed by atoms with Crippen molar-refractivity contribution in [2.75, 3.05) is 0 Å². The molecule has 0 saturated carbocycles. The summed E-state index contributed by atoms with van der Waals surface area (Å²) in [6.45, 7) is 1.91. The molecule has 0 unspecified atom stereocenters. The number of aromatic nitrogens is 3. The quantitative estimate of drug-likeness (QED) is 0.602. The van der Waals surface area contributed by atoms with Crippen molar-refractivity contribution in [1.29, 1.82) is 0 Å². The summed E-state index contributed by atoms with van der Waals surface area (Å²) in [5.41, 5.74) is 8.78. The summed E-state index contributed by atoms with van der Waals surface area (Å²) in [6.07, 6.45) is 2.51. The van der Waals surface area contributed by atoms with Crippen LogP contribution in [0.3, 0.4) is 0 Å². The van der Waals surface area contributed by atoms with Gasteiger partial charge in [0.15, 0.2) is 0 Å². The Kier molecular flexibility index (Phi) is 3.43. The van der Waals surface area contributed by atoms with Crippen LogP contribution in [0.2, 0.25) is 0 Å². The maximum Gasteiger partial charge on any atom is 0.249 e. The molecule has 0 aliphatic rings. The van der Waals surface area contributed by atoms with Crippen LogP contribution in [-0.2, 0) is 12.0 Å². The third kappa shape index (κ3) is 2.59. The van der Waals surface area contributed by atoms with Crippen molar-refractivity contribution in [3.05, 3.63) is 72.2 Å². The molecule has 3 N–H and O–H groups in total. The molecule has 0 saturated heterocycles. The first kappa shape index (κ1) is 14.7. The van der Waals surface area contributed by atoms with E-state index in [9.17, 15) is 0 Å². The lowest BCUT2D eigenvalue weighted by molar-refractivity contribution is 0.356. The van der Waals surface area contributed by atoms with Crippen molar-refractivity contribution < 1.29 is 4.42 Å². The number of hydrogen-bond donors (Lipinski definition) is 2. The van der Waals surface area contributed by atoms with Crippen LogP contribution in [0, 0.1) is 0 Å². The van der Waals surface area contributed by atoms with Crippen LogP contribution in [0.15, 0.2) is 65.2 Å². The van der Waals surface area contributed by atoms with E-state index in [2.05, 4.69) is 15.2 Å². The molecule has 5 heteroatoms. The van der Waals surface area contributed by atoms with E-state index in [0.29, 0.717) is 18.2 Å². The Morgan fingerprint density at radius 2 is 1.79 bits per heavy atom. The minimum absolute atomic E-state index is 0.437. The van der Waals surface area contributed by atoms with Gasteiger partial charge in [0, 0.05) is 17.1 Å². The van der Waals surface area contributed by atoms with E-state index in [4.69, 9.17) is 10.2 Å². The highest BCUT2D eigenvalue weighted by Gasteiger charge is 2.29. The van der Waals surface area contributed by atoms with Crippen molar-refractivity contribution in [2.24, 2.45) is 5.73 Å². The lowest BCUT2D eigenvalue weighted by atomic mass is 9.94. The van der Waals surface area contributed by atoms with Crippen molar-refractivity contribution in [2.45, 2.75) is 18.9 Å². The highest BCUT2D eigenvalue weighted by molar-refractivity contribution is 5.93. The van der Waals surface area contributed by atoms with Crippen LogP contribution >= 0.6 is 0 Å². The molecule has 0 aliphatic heterocycles. The number of hydrogen-bond acceptors (Lipinski definition) is 4. The molecule has 2 aromatic heterocycles. The predicted octanol–water partition coefficient (Wildman–Crippen LogP) is 3.63. The van der Waals surface area contributed by atoms with E-state index in [1.54, 1.807) is 0 Å². The van der Waals surface area contributed by atoms with Crippen molar-refractivity contribution >= 4 is 10.9 Å². The molecule has 0 spiro atoms. The molecule has 4 aromatic rings. The summed E-state index contributed by atoms with van der Waals surface area (Å²) in [5.74, 6) is 0.916. The van der Waals surface area contributed by atoms with Crippen LogP contribution < -0.4 is 5.73 Å². The van der Waals surface area contributed by atoms with E-state index >= 15 is 0 Å². The third-order valence-corrected chi connectivity index (χ3v) is 4.15. The van der Waals surface area contributed by atoms with Crippen molar-refractivity contribution in [1.82, 2.24) is 15.2 Å². The number of aromatic amines is 1. The Balaban J connectivity index is 1.67. The van der Waals surface area contributed by atoms with Gasteiger partial charge in [-0.2, -0.15) is 0 Å². The largest absolute Gasteiger partial charge is 0.419 e. The van der Waals surface area contributed by atoms with Gasteiger partial charge in [0.05, 0.1) is 11.1 Å². The molecule has 0 fully saturated rings. The van der Waals surface area contributed by atoms with E-state index < -0.39 is 5.54 Å². The van der Waals surface area contributed by atoms with Crippen LogP contribution in [0.1, 0.15) is 18.4 Å². The number of para-hydroxylation sites is 1. The van der Waals surface area contributed by atoms with Gasteiger partial charge in [-0.3, -0.25) is 0 Å². The number of fused-ring (bicyclic) bond motifs is 1. The number of nitrogens with zero attached hydrogens (tertiary/aromatic N) is 2. The van der Waals surface area contributed by atoms with E-state index in [1.165, 1.54) is 0 Å². The van der Waals surface area contributed by atoms with Gasteiger partial charge in [-0.25, -0.2) is 0 Å². The van der Waals surface area contributed by atoms with Crippen LogP contribution in [-0.4, -0.2) is 15.2 Å². The van der Waals surface area contributed by atoms with Crippen LogP contribution in [0.4, 0.5) is 0 Å². The van der Waals surface area contributed by atoms with Crippen LogP contribution in [0.25, 0.3) is 22.4 Å². The normalized spacial score (nSPS) is 13.9. The van der Waals surface area contributed by atoms with Gasteiger partial charge in [-0.1, -0.05) is 48.5 Å². The van der Waals surface area contributed by atoms with Gasteiger partial charge in [-0.05, 0) is 25.0 Å². The summed E-state index contributed by atoms with van der Waals surface area (Å²) in [5, 5.41) is 9.44. The average Bonchev–Trinajstić information content (AvgIpc) is 3.22. The number of rotatable bonds is 4. The summed E-state index contributed by atoms with van der Waals surface area (Å²) in [4.78, 5) is 3.22. The number of nitrogens with one attached hydrogen (secondary N) is 1. The fourth-order valence-corrected chi connectivity index (χ4v) is 2.91. The van der Waals surface area contributed by atoms with Gasteiger partial charge in [-0.15, -0.1) is 10.2 Å². The Bertz CT molecular complexity index is 969. The molecule has 5 nitrogen and oxygen atoms in total. The summed E-state index contributed by atoms with van der Waals surface area (Å²) in [7, 11) is 0. The van der Waals surface area contributed by atoms with Crippen molar-refractivity contribution in [3.8, 4) is 11.5 Å². The molecule has 2 aromatic carbocycles. The molecule has 24 heavy (non-hydrogen) atoms. The first-order valence-corrected chi connectivity index (χ1v) is 7.87. The maximum atomic E-state index is 6.45. The number of benzene rings is 2. The Hall–Kier alpha value is -2.92. The molecule has 0 bridgehead atoms. The Morgan fingerprint density at radius 3 is 2.62 bits per heavy atom. The van der Waals surface area contributed by atoms with Gasteiger partial charge in [0.2, 0.25) is 11.8 Å². The number of nitrogens with two attached hydrogens (primary N) is 1. The lowest BCUT2D eigenvalue weighted by Crippen LogP contribution is -2.35. The van der Waals surface area contributed by atoms with Gasteiger partial charge >= 0.3 is 0 Å². The fraction of sp³-hybridized carbons (Fsp3) is 0.158. The second-order valence-electron chi connectivity index (χ2n) is 6.24. The zero-order chi connectivity index (χ0) is 16.6. The zero-order valence-electron chi connectivity index (χ0n) is 13.4. The third-order valence-electron chi connectivity index (χ3n) is 4.15. The lowest BCUT2D eigenvalue weighted by Gasteiger charge is -2.20. The first-order valence-electron chi connectivity index (χ1n) is 7.87. The summed E-state index contributed by atoms with van der Waals surface area (Å²) >= 11 is 0. The van der Waals surface area contributed by atoms with E-state index in [1.807, 2.05) is 67.7 Å². The number of H-pyrrole nitrogens is 1. The highest BCUT2D eigenvalue weighted by Crippen LogP contribution is 2.30. The monoisotopic (exact) mass is 318 g/mol. The molecule has 0 aliphatic carbocycles. The Morgan fingerprint density at radius 1 is 1.04 bits per heavy atom. The molecular formula is C19H18N4O. The Labute approximate surface area is 139 Å². The molecule has 0 amide bonds. The van der Waals surface area contributed by atoms with Crippen molar-refractivity contribution in [3.63, 3.8) is 0 Å². The second-order valence-corrected chi connectivity index (χ2v) is 6.24. The SMILES string of the molecule is C[C@@](N)(Cc1ccccc1)c1nnc(-c2c[nH]c3ccccc23)o1. The minimum Gasteiger partial charge on any atom is -0.419 e. The highest BCUT2D eigenvalue weighted by atomic mass is 16.4. The smallest absolute Gasteiger partial charge is 0.249 e. The van der Waals surface area contributed by atoms with Gasteiger partial charge < -0.3 is 15.1 Å². The first-order chi connectivity index (χ1) is 11.6. The average molecular weight is 318 g/mol. The molecule has 120 valence electrons. The fourth-order valence-electron chi connectivity index (χ4n) is 2.91. The minimum atomic E-state index is -0.723. The second kappa shape index (κ2) is 5.62. The van der Waals surface area contributed by atoms with E-state index in [0.717, 1.165) is 22.0 Å². The van der Waals surface area contributed by atoms with E-state index in [-0.39, 0.29) is 0 Å². The maximum absolute atomic E-state index is 6.45. The molecule has 0 radical (unpaired) electrons. The topological polar surface area (TPSA) is 80.7 Å². The van der Waals surface area contributed by atoms with Gasteiger partial charge in [0.25, 0.3) is 0 Å². The standard InChI is InChI=1S/C19H18N4O/c1-19(20,11-13-7-3-2-4-8-13)18-23-22-17(24-18)15-12-21-16-10-6-5-9-14(15)16/h2-10,12,21H,11,20H2,1H3/t19-/m1/s1. The summed E-state index contributed by atoms with van der Waals surface area (Å²) < 4.78 is 5.91. The predicted molar refractivity (Wildman–Crippen MR) is 93.3 cm³/mol. The molecule has 1 atom stereocenters. The van der Waals surface area contributed by atoms with Crippen LogP contribution in [0.5, 0.6) is 0 Å². The molecular weight excluding hydrogens is 300 g/mol.